The van der Waals surface area contributed by atoms with Gasteiger partial charge in [-0.05, 0) is 48.5 Å². The fourth-order valence-electron chi connectivity index (χ4n) is 2.89. The zero-order valence-corrected chi connectivity index (χ0v) is 13.6. The van der Waals surface area contributed by atoms with Gasteiger partial charge in [-0.2, -0.15) is 0 Å². The topological polar surface area (TPSA) is 85.8 Å². The summed E-state index contributed by atoms with van der Waals surface area (Å²) >= 11 is 0. The van der Waals surface area contributed by atoms with Gasteiger partial charge in [-0.1, -0.05) is 12.1 Å². The van der Waals surface area contributed by atoms with E-state index in [-0.39, 0.29) is 0 Å². The standard InChI is InChI=1S/C16H18N8/c1-11(2)23-13-6-4-3-5-12(13)18-15(23)9-10-17-14-7-8-16-19-21-22-24(16)20-14/h3-8,11H,9-10H2,1-2H3,(H,17,20). The number of para-hydroxylation sites is 2. The van der Waals surface area contributed by atoms with Crippen LogP contribution in [-0.4, -0.2) is 41.4 Å². The molecule has 1 aromatic carbocycles. The van der Waals surface area contributed by atoms with Gasteiger partial charge in [-0.25, -0.2) is 4.98 Å². The lowest BCUT2D eigenvalue weighted by Crippen LogP contribution is -2.13. The van der Waals surface area contributed by atoms with Gasteiger partial charge in [0, 0.05) is 19.0 Å². The summed E-state index contributed by atoms with van der Waals surface area (Å²) in [5.74, 6) is 1.81. The van der Waals surface area contributed by atoms with Crippen LogP contribution in [0.1, 0.15) is 25.7 Å². The van der Waals surface area contributed by atoms with Crippen molar-refractivity contribution in [3.05, 3.63) is 42.2 Å². The van der Waals surface area contributed by atoms with Crippen molar-refractivity contribution in [3.8, 4) is 0 Å². The average Bonchev–Trinajstić information content (AvgIpc) is 3.18. The van der Waals surface area contributed by atoms with Gasteiger partial charge >= 0.3 is 0 Å². The number of imidazole rings is 1. The summed E-state index contributed by atoms with van der Waals surface area (Å²) in [6, 6.07) is 12.3. The summed E-state index contributed by atoms with van der Waals surface area (Å²) in [5.41, 5.74) is 2.84. The molecule has 0 aliphatic carbocycles. The second-order valence-corrected chi connectivity index (χ2v) is 5.90. The Labute approximate surface area is 138 Å². The van der Waals surface area contributed by atoms with Crippen molar-refractivity contribution in [3.63, 3.8) is 0 Å². The summed E-state index contributed by atoms with van der Waals surface area (Å²) in [7, 11) is 0. The predicted molar refractivity (Wildman–Crippen MR) is 90.9 cm³/mol. The van der Waals surface area contributed by atoms with Gasteiger partial charge in [0.15, 0.2) is 5.65 Å². The molecule has 24 heavy (non-hydrogen) atoms. The van der Waals surface area contributed by atoms with E-state index < -0.39 is 0 Å². The number of nitrogens with one attached hydrogen (secondary N) is 1. The molecule has 8 heteroatoms. The second kappa shape index (κ2) is 5.88. The molecule has 0 atom stereocenters. The maximum atomic E-state index is 4.77. The van der Waals surface area contributed by atoms with E-state index in [0.29, 0.717) is 11.7 Å². The highest BCUT2D eigenvalue weighted by atomic mass is 15.6. The summed E-state index contributed by atoms with van der Waals surface area (Å²) in [4.78, 5) is 4.77. The number of anilines is 1. The summed E-state index contributed by atoms with van der Waals surface area (Å²) < 4.78 is 3.70. The molecule has 0 radical (unpaired) electrons. The van der Waals surface area contributed by atoms with Crippen molar-refractivity contribution in [2.45, 2.75) is 26.3 Å². The predicted octanol–water partition coefficient (Wildman–Crippen LogP) is 2.10. The first-order valence-electron chi connectivity index (χ1n) is 7.97. The van der Waals surface area contributed by atoms with Gasteiger partial charge in [0.2, 0.25) is 0 Å². The fourth-order valence-corrected chi connectivity index (χ4v) is 2.89. The first-order chi connectivity index (χ1) is 11.7. The molecule has 4 aromatic rings. The molecule has 8 nitrogen and oxygen atoms in total. The highest BCUT2D eigenvalue weighted by Gasteiger charge is 2.12. The van der Waals surface area contributed by atoms with Gasteiger partial charge in [0.25, 0.3) is 0 Å². The minimum Gasteiger partial charge on any atom is -0.368 e. The summed E-state index contributed by atoms with van der Waals surface area (Å²) in [5, 5.41) is 18.8. The Hall–Kier alpha value is -3.03. The third kappa shape index (κ3) is 2.55. The largest absolute Gasteiger partial charge is 0.368 e. The van der Waals surface area contributed by atoms with E-state index in [9.17, 15) is 0 Å². The van der Waals surface area contributed by atoms with Crippen LogP contribution in [0.2, 0.25) is 0 Å². The van der Waals surface area contributed by atoms with Gasteiger partial charge in [0.1, 0.15) is 11.6 Å². The number of fused-ring (bicyclic) bond motifs is 2. The SMILES string of the molecule is CC(C)n1c(CCNc2ccc3nnnn3n2)nc2ccccc21. The number of hydrogen-bond donors (Lipinski definition) is 1. The summed E-state index contributed by atoms with van der Waals surface area (Å²) in [6.07, 6.45) is 0.808. The third-order valence-corrected chi connectivity index (χ3v) is 3.91. The van der Waals surface area contributed by atoms with E-state index in [4.69, 9.17) is 4.98 Å². The molecule has 0 spiro atoms. The smallest absolute Gasteiger partial charge is 0.200 e. The number of rotatable bonds is 5. The average molecular weight is 322 g/mol. The molecule has 0 saturated carbocycles. The molecule has 122 valence electrons. The van der Waals surface area contributed by atoms with E-state index in [0.717, 1.165) is 30.1 Å². The first kappa shape index (κ1) is 14.6. The first-order valence-corrected chi connectivity index (χ1v) is 7.97. The van der Waals surface area contributed by atoms with Crippen LogP contribution in [0.4, 0.5) is 5.82 Å². The van der Waals surface area contributed by atoms with Crippen molar-refractivity contribution >= 4 is 22.5 Å². The lowest BCUT2D eigenvalue weighted by Gasteiger charge is -2.13. The molecule has 0 amide bonds. The Morgan fingerprint density at radius 2 is 2.00 bits per heavy atom. The Balaban J connectivity index is 1.53. The van der Waals surface area contributed by atoms with Gasteiger partial charge < -0.3 is 9.88 Å². The van der Waals surface area contributed by atoms with E-state index in [1.165, 1.54) is 10.1 Å². The van der Waals surface area contributed by atoms with Crippen molar-refractivity contribution in [2.24, 2.45) is 0 Å². The van der Waals surface area contributed by atoms with E-state index >= 15 is 0 Å². The molecule has 0 unspecified atom stereocenters. The second-order valence-electron chi connectivity index (χ2n) is 5.90. The highest BCUT2D eigenvalue weighted by molar-refractivity contribution is 5.76. The minimum atomic E-state index is 0.364. The van der Waals surface area contributed by atoms with Crippen LogP contribution in [0.3, 0.4) is 0 Å². The quantitative estimate of drug-likeness (QED) is 0.605. The van der Waals surface area contributed by atoms with Gasteiger partial charge in [-0.3, -0.25) is 0 Å². The molecule has 3 aromatic heterocycles. The van der Waals surface area contributed by atoms with Crippen molar-refractivity contribution in [2.75, 3.05) is 11.9 Å². The molecule has 0 aliphatic rings. The molecular formula is C16H18N8. The number of tetrazole rings is 1. The van der Waals surface area contributed by atoms with Crippen molar-refractivity contribution in [1.82, 2.24) is 34.8 Å². The molecule has 0 bridgehead atoms. The number of benzene rings is 1. The number of nitrogens with zero attached hydrogens (tertiary/aromatic N) is 7. The van der Waals surface area contributed by atoms with Crippen LogP contribution >= 0.6 is 0 Å². The lowest BCUT2D eigenvalue weighted by molar-refractivity contribution is 0.585. The van der Waals surface area contributed by atoms with Crippen LogP contribution in [0.15, 0.2) is 36.4 Å². The Kier molecular flexibility index (Phi) is 3.56. The van der Waals surface area contributed by atoms with Crippen LogP contribution in [0, 0.1) is 0 Å². The summed E-state index contributed by atoms with van der Waals surface area (Å²) in [6.45, 7) is 5.09. The molecular weight excluding hydrogens is 304 g/mol. The number of hydrogen-bond acceptors (Lipinski definition) is 6. The zero-order valence-electron chi connectivity index (χ0n) is 13.6. The van der Waals surface area contributed by atoms with Gasteiger partial charge in [-0.15, -0.1) is 14.8 Å². The molecule has 1 N–H and O–H groups in total. The van der Waals surface area contributed by atoms with Crippen molar-refractivity contribution < 1.29 is 0 Å². The molecule has 4 rings (SSSR count). The fraction of sp³-hybridized carbons (Fsp3) is 0.312. The third-order valence-electron chi connectivity index (χ3n) is 3.91. The van der Waals surface area contributed by atoms with E-state index in [1.807, 2.05) is 18.2 Å². The van der Waals surface area contributed by atoms with Crippen LogP contribution in [0.25, 0.3) is 16.7 Å². The van der Waals surface area contributed by atoms with E-state index in [1.54, 1.807) is 0 Å². The van der Waals surface area contributed by atoms with Crippen LogP contribution < -0.4 is 5.32 Å². The lowest BCUT2D eigenvalue weighted by atomic mass is 10.3. The minimum absolute atomic E-state index is 0.364. The monoisotopic (exact) mass is 322 g/mol. The molecule has 0 fully saturated rings. The molecule has 0 saturated heterocycles. The Morgan fingerprint density at radius 1 is 1.12 bits per heavy atom. The molecule has 3 heterocycles. The van der Waals surface area contributed by atoms with Gasteiger partial charge in [0.05, 0.1) is 11.0 Å². The maximum absolute atomic E-state index is 4.77. The van der Waals surface area contributed by atoms with Crippen molar-refractivity contribution in [1.29, 1.82) is 0 Å². The maximum Gasteiger partial charge on any atom is 0.200 e. The number of aromatic nitrogens is 7. The zero-order chi connectivity index (χ0) is 16.5. The Morgan fingerprint density at radius 3 is 2.88 bits per heavy atom. The Bertz CT molecular complexity index is 984. The normalized spacial score (nSPS) is 11.6. The highest BCUT2D eigenvalue weighted by Crippen LogP contribution is 2.21. The van der Waals surface area contributed by atoms with Crippen LogP contribution in [-0.2, 0) is 6.42 Å². The van der Waals surface area contributed by atoms with E-state index in [2.05, 4.69) is 62.6 Å². The van der Waals surface area contributed by atoms with Crippen LogP contribution in [0.5, 0.6) is 0 Å². The molecule has 0 aliphatic heterocycles.